The van der Waals surface area contributed by atoms with Crippen LogP contribution in [0.2, 0.25) is 0 Å². The molecule has 3 rings (SSSR count). The molecule has 2 aliphatic carbocycles. The van der Waals surface area contributed by atoms with Gasteiger partial charge in [0, 0.05) is 12.5 Å². The molecule has 108 valence electrons. The van der Waals surface area contributed by atoms with Gasteiger partial charge in [0.2, 0.25) is 0 Å². The van der Waals surface area contributed by atoms with Crippen LogP contribution in [0.5, 0.6) is 0 Å². The minimum Gasteiger partial charge on any atom is -0.381 e. The molecular formula is C18H30O. The van der Waals surface area contributed by atoms with E-state index in [0.717, 1.165) is 36.9 Å². The lowest BCUT2D eigenvalue weighted by Gasteiger charge is -2.31. The Morgan fingerprint density at radius 1 is 1.05 bits per heavy atom. The van der Waals surface area contributed by atoms with Crippen molar-refractivity contribution in [1.82, 2.24) is 0 Å². The SMILES string of the molecule is C/C(=C\CC1CCCCC1C1CC1)C1CCCOC1. The summed E-state index contributed by atoms with van der Waals surface area (Å²) in [5, 5.41) is 0. The summed E-state index contributed by atoms with van der Waals surface area (Å²) in [4.78, 5) is 0. The highest BCUT2D eigenvalue weighted by atomic mass is 16.5. The van der Waals surface area contributed by atoms with Crippen LogP contribution >= 0.6 is 0 Å². The third-order valence-corrected chi connectivity index (χ3v) is 5.74. The Morgan fingerprint density at radius 2 is 1.89 bits per heavy atom. The van der Waals surface area contributed by atoms with Crippen LogP contribution in [0.4, 0.5) is 0 Å². The second-order valence-corrected chi connectivity index (χ2v) is 7.14. The molecule has 1 heteroatoms. The van der Waals surface area contributed by atoms with E-state index in [1.54, 1.807) is 5.57 Å². The average molecular weight is 262 g/mol. The lowest BCUT2D eigenvalue weighted by Crippen LogP contribution is -2.21. The molecule has 3 unspecified atom stereocenters. The first-order chi connectivity index (χ1) is 9.34. The zero-order valence-corrected chi connectivity index (χ0v) is 12.6. The number of rotatable bonds is 4. The van der Waals surface area contributed by atoms with E-state index >= 15 is 0 Å². The first kappa shape index (κ1) is 13.7. The molecule has 3 fully saturated rings. The molecule has 0 aromatic carbocycles. The molecule has 1 nitrogen and oxygen atoms in total. The highest BCUT2D eigenvalue weighted by molar-refractivity contribution is 5.05. The summed E-state index contributed by atoms with van der Waals surface area (Å²) in [6.45, 7) is 4.30. The van der Waals surface area contributed by atoms with E-state index < -0.39 is 0 Å². The van der Waals surface area contributed by atoms with E-state index in [1.165, 1.54) is 57.8 Å². The third kappa shape index (κ3) is 3.62. The number of allylic oxidation sites excluding steroid dienone is 1. The number of hydrogen-bond donors (Lipinski definition) is 0. The van der Waals surface area contributed by atoms with Crippen LogP contribution < -0.4 is 0 Å². The minimum atomic E-state index is 0.719. The summed E-state index contributed by atoms with van der Waals surface area (Å²) < 4.78 is 5.62. The van der Waals surface area contributed by atoms with Crippen LogP contribution in [0.15, 0.2) is 11.6 Å². The van der Waals surface area contributed by atoms with Crippen molar-refractivity contribution in [3.63, 3.8) is 0 Å². The monoisotopic (exact) mass is 262 g/mol. The van der Waals surface area contributed by atoms with Crippen LogP contribution in [0.25, 0.3) is 0 Å². The maximum absolute atomic E-state index is 5.62. The van der Waals surface area contributed by atoms with Gasteiger partial charge in [0.15, 0.2) is 0 Å². The predicted octanol–water partition coefficient (Wildman–Crippen LogP) is 4.97. The molecule has 0 N–H and O–H groups in total. The van der Waals surface area contributed by atoms with Gasteiger partial charge in [0.25, 0.3) is 0 Å². The Morgan fingerprint density at radius 3 is 2.63 bits per heavy atom. The average Bonchev–Trinajstić information content (AvgIpc) is 3.30. The largest absolute Gasteiger partial charge is 0.381 e. The van der Waals surface area contributed by atoms with Crippen LogP contribution in [-0.4, -0.2) is 13.2 Å². The summed E-state index contributed by atoms with van der Waals surface area (Å²) in [7, 11) is 0. The minimum absolute atomic E-state index is 0.719. The first-order valence-corrected chi connectivity index (χ1v) is 8.59. The van der Waals surface area contributed by atoms with Crippen LogP contribution in [0, 0.1) is 23.7 Å². The van der Waals surface area contributed by atoms with E-state index in [4.69, 9.17) is 4.74 Å². The summed E-state index contributed by atoms with van der Waals surface area (Å²) in [6.07, 6.45) is 15.6. The molecule has 0 aromatic heterocycles. The fourth-order valence-corrected chi connectivity index (χ4v) is 4.28. The van der Waals surface area contributed by atoms with Gasteiger partial charge in [-0.1, -0.05) is 24.5 Å². The zero-order chi connectivity index (χ0) is 13.1. The summed E-state index contributed by atoms with van der Waals surface area (Å²) in [5.41, 5.74) is 1.61. The van der Waals surface area contributed by atoms with Crippen molar-refractivity contribution < 1.29 is 4.74 Å². The van der Waals surface area contributed by atoms with Gasteiger partial charge in [-0.05, 0) is 69.6 Å². The van der Waals surface area contributed by atoms with E-state index in [9.17, 15) is 0 Å². The standard InChI is InChI=1S/C18H30O/c1-14(17-6-4-12-19-13-17)8-9-15-5-2-3-7-18(15)16-10-11-16/h8,15-18H,2-7,9-13H2,1H3/b14-8+. The highest BCUT2D eigenvalue weighted by Crippen LogP contribution is 2.48. The number of ether oxygens (including phenoxy) is 1. The Labute approximate surface area is 118 Å². The third-order valence-electron chi connectivity index (χ3n) is 5.74. The quantitative estimate of drug-likeness (QED) is 0.650. The lowest BCUT2D eigenvalue weighted by molar-refractivity contribution is 0.0671. The molecule has 1 aliphatic heterocycles. The van der Waals surface area contributed by atoms with Crippen molar-refractivity contribution in [3.05, 3.63) is 11.6 Å². The second kappa shape index (κ2) is 6.43. The Hall–Kier alpha value is -0.300. The molecule has 0 aromatic rings. The summed E-state index contributed by atoms with van der Waals surface area (Å²) >= 11 is 0. The van der Waals surface area contributed by atoms with E-state index in [-0.39, 0.29) is 0 Å². The molecule has 1 saturated heterocycles. The molecular weight excluding hydrogens is 232 g/mol. The smallest absolute Gasteiger partial charge is 0.0531 e. The van der Waals surface area contributed by atoms with Gasteiger partial charge in [-0.15, -0.1) is 0 Å². The topological polar surface area (TPSA) is 9.23 Å². The van der Waals surface area contributed by atoms with Crippen molar-refractivity contribution >= 4 is 0 Å². The normalized spacial score (nSPS) is 37.3. The van der Waals surface area contributed by atoms with Crippen LogP contribution in [0.1, 0.15) is 64.7 Å². The summed E-state index contributed by atoms with van der Waals surface area (Å²) in [5.74, 6) is 3.90. The lowest BCUT2D eigenvalue weighted by atomic mass is 9.74. The second-order valence-electron chi connectivity index (χ2n) is 7.14. The molecule has 0 amide bonds. The molecule has 0 spiro atoms. The molecule has 2 saturated carbocycles. The van der Waals surface area contributed by atoms with Gasteiger partial charge in [0.05, 0.1) is 6.61 Å². The van der Waals surface area contributed by atoms with Crippen molar-refractivity contribution in [2.45, 2.75) is 64.7 Å². The van der Waals surface area contributed by atoms with Gasteiger partial charge in [-0.25, -0.2) is 0 Å². The molecule has 3 aliphatic rings. The maximum atomic E-state index is 5.62. The molecule has 19 heavy (non-hydrogen) atoms. The van der Waals surface area contributed by atoms with Crippen molar-refractivity contribution in [2.24, 2.45) is 23.7 Å². The van der Waals surface area contributed by atoms with Crippen molar-refractivity contribution in [1.29, 1.82) is 0 Å². The van der Waals surface area contributed by atoms with Gasteiger partial charge in [-0.3, -0.25) is 0 Å². The van der Waals surface area contributed by atoms with Crippen LogP contribution in [-0.2, 0) is 4.74 Å². The van der Waals surface area contributed by atoms with Crippen LogP contribution in [0.3, 0.4) is 0 Å². The molecule has 0 bridgehead atoms. The van der Waals surface area contributed by atoms with Gasteiger partial charge >= 0.3 is 0 Å². The van der Waals surface area contributed by atoms with Crippen molar-refractivity contribution in [2.75, 3.05) is 13.2 Å². The van der Waals surface area contributed by atoms with Gasteiger partial charge in [0.1, 0.15) is 0 Å². The Balaban J connectivity index is 1.53. The van der Waals surface area contributed by atoms with Gasteiger partial charge in [-0.2, -0.15) is 0 Å². The Kier molecular flexibility index (Phi) is 4.63. The molecule has 1 heterocycles. The summed E-state index contributed by atoms with van der Waals surface area (Å²) in [6, 6.07) is 0. The first-order valence-electron chi connectivity index (χ1n) is 8.59. The molecule has 3 atom stereocenters. The fourth-order valence-electron chi connectivity index (χ4n) is 4.28. The van der Waals surface area contributed by atoms with Gasteiger partial charge < -0.3 is 4.74 Å². The fraction of sp³-hybridized carbons (Fsp3) is 0.889. The predicted molar refractivity (Wildman–Crippen MR) is 80.1 cm³/mol. The van der Waals surface area contributed by atoms with E-state index in [0.29, 0.717) is 0 Å². The highest BCUT2D eigenvalue weighted by Gasteiger charge is 2.37. The Bertz CT molecular complexity index is 310. The van der Waals surface area contributed by atoms with E-state index in [2.05, 4.69) is 13.0 Å². The zero-order valence-electron chi connectivity index (χ0n) is 12.6. The van der Waals surface area contributed by atoms with E-state index in [1.807, 2.05) is 0 Å². The molecule has 0 radical (unpaired) electrons. The van der Waals surface area contributed by atoms with Crippen molar-refractivity contribution in [3.8, 4) is 0 Å². The maximum Gasteiger partial charge on any atom is 0.0531 e. The number of hydrogen-bond acceptors (Lipinski definition) is 1.